The molecule has 6 heterocycles. The van der Waals surface area contributed by atoms with Crippen molar-refractivity contribution in [2.75, 3.05) is 57.7 Å². The van der Waals surface area contributed by atoms with Crippen LogP contribution >= 0.6 is 0 Å². The molecule has 338 valence electrons. The summed E-state index contributed by atoms with van der Waals surface area (Å²) < 4.78 is 8.04. The number of ether oxygens (including phenoxy) is 1. The van der Waals surface area contributed by atoms with Gasteiger partial charge in [-0.1, -0.05) is 18.2 Å². The van der Waals surface area contributed by atoms with E-state index in [0.29, 0.717) is 53.5 Å². The van der Waals surface area contributed by atoms with E-state index in [1.165, 1.54) is 12.1 Å². The molecule has 16 nitrogen and oxygen atoms in total. The van der Waals surface area contributed by atoms with Crippen molar-refractivity contribution in [1.82, 2.24) is 34.7 Å². The molecule has 4 N–H and O–H groups in total. The minimum atomic E-state index is -1.05. The Morgan fingerprint density at radius 1 is 0.754 bits per heavy atom. The van der Waals surface area contributed by atoms with E-state index in [1.54, 1.807) is 6.07 Å². The summed E-state index contributed by atoms with van der Waals surface area (Å²) in [6.45, 7) is 7.18. The zero-order chi connectivity index (χ0) is 44.8. The maximum atomic E-state index is 13.6. The first-order valence-electron chi connectivity index (χ1n) is 23.2. The summed E-state index contributed by atoms with van der Waals surface area (Å²) in [5, 5.41) is 10.7. The largest absolute Gasteiger partial charge is 0.457 e. The molecule has 10 rings (SSSR count). The molecule has 2 atom stereocenters. The van der Waals surface area contributed by atoms with E-state index in [2.05, 4.69) is 25.1 Å². The van der Waals surface area contributed by atoms with E-state index in [0.717, 1.165) is 106 Å². The molecule has 1 aromatic heterocycles. The van der Waals surface area contributed by atoms with Crippen LogP contribution in [-0.4, -0.2) is 129 Å². The number of piperidine rings is 2. The first-order chi connectivity index (χ1) is 31.6. The number of imide groups is 2. The van der Waals surface area contributed by atoms with E-state index in [9.17, 15) is 28.8 Å². The normalized spacial score (nSPS) is 24.3. The van der Waals surface area contributed by atoms with Crippen molar-refractivity contribution >= 4 is 41.3 Å². The van der Waals surface area contributed by atoms with Crippen molar-refractivity contribution in [1.29, 1.82) is 0 Å². The SMILES string of the molecule is NC(=O)c1c(-c2ccc(Oc3ccccc3)cc2)nn2c1NCC[C@H]2C1CCC(N2CCN(CC3CCN(C(=O)c4ccc5c(c4)C(=O)N(C4CCC(=O)NC4=O)C5=O)CC3)CC2)CC1. The van der Waals surface area contributed by atoms with Gasteiger partial charge in [0.1, 0.15) is 34.6 Å². The highest BCUT2D eigenvalue weighted by Crippen LogP contribution is 2.43. The Kier molecular flexibility index (Phi) is 11.7. The maximum absolute atomic E-state index is 13.6. The van der Waals surface area contributed by atoms with Crippen molar-refractivity contribution in [3.8, 4) is 22.8 Å². The number of carbonyl (C=O) groups excluding carboxylic acids is 6. The molecule has 0 spiro atoms. The average molecular weight is 882 g/mol. The Balaban J connectivity index is 0.688. The monoisotopic (exact) mass is 881 g/mol. The predicted molar refractivity (Wildman–Crippen MR) is 240 cm³/mol. The van der Waals surface area contributed by atoms with Gasteiger partial charge in [0, 0.05) is 75.9 Å². The number of likely N-dealkylation sites (tertiary alicyclic amines) is 1. The van der Waals surface area contributed by atoms with Gasteiger partial charge in [-0.3, -0.25) is 43.9 Å². The Hall–Kier alpha value is -6.39. The number of nitrogens with zero attached hydrogens (tertiary/aromatic N) is 6. The van der Waals surface area contributed by atoms with Crippen LogP contribution in [0, 0.1) is 11.8 Å². The van der Waals surface area contributed by atoms with Crippen LogP contribution in [0.3, 0.4) is 0 Å². The number of nitrogens with two attached hydrogens (primary N) is 1. The Bertz CT molecular complexity index is 2500. The van der Waals surface area contributed by atoms with E-state index in [4.69, 9.17) is 15.6 Å². The summed E-state index contributed by atoms with van der Waals surface area (Å²) in [6, 6.07) is 21.5. The third-order valence-electron chi connectivity index (χ3n) is 14.6. The highest BCUT2D eigenvalue weighted by Gasteiger charge is 2.45. The molecule has 4 fully saturated rings. The molecule has 1 aliphatic carbocycles. The van der Waals surface area contributed by atoms with Crippen LogP contribution in [-0.2, 0) is 9.59 Å². The summed E-state index contributed by atoms with van der Waals surface area (Å²) in [4.78, 5) is 85.1. The van der Waals surface area contributed by atoms with E-state index >= 15 is 0 Å². The second-order valence-electron chi connectivity index (χ2n) is 18.5. The van der Waals surface area contributed by atoms with Crippen molar-refractivity contribution < 1.29 is 33.5 Å². The number of rotatable bonds is 10. The van der Waals surface area contributed by atoms with Crippen LogP contribution in [0.5, 0.6) is 11.5 Å². The lowest BCUT2D eigenvalue weighted by Gasteiger charge is -2.44. The van der Waals surface area contributed by atoms with Gasteiger partial charge in [-0.15, -0.1) is 0 Å². The first kappa shape index (κ1) is 42.6. The molecule has 4 aromatic rings. The molecule has 3 saturated heterocycles. The number of hydrogen-bond donors (Lipinski definition) is 3. The van der Waals surface area contributed by atoms with Crippen LogP contribution in [0.2, 0.25) is 0 Å². The third kappa shape index (κ3) is 8.40. The Morgan fingerprint density at radius 3 is 2.17 bits per heavy atom. The topological polar surface area (TPSA) is 193 Å². The van der Waals surface area contributed by atoms with Gasteiger partial charge < -0.3 is 25.6 Å². The molecule has 3 aromatic carbocycles. The fraction of sp³-hybridized carbons (Fsp3) is 0.449. The molecule has 6 aliphatic rings. The molecule has 6 amide bonds. The average Bonchev–Trinajstić information content (AvgIpc) is 3.84. The third-order valence-corrected chi connectivity index (χ3v) is 14.6. The number of aromatic nitrogens is 2. The number of fused-ring (bicyclic) bond motifs is 2. The van der Waals surface area contributed by atoms with E-state index < -0.39 is 35.6 Å². The Labute approximate surface area is 377 Å². The number of primary amides is 1. The lowest BCUT2D eigenvalue weighted by Crippen LogP contribution is -2.54. The quantitative estimate of drug-likeness (QED) is 0.183. The zero-order valence-electron chi connectivity index (χ0n) is 36.5. The lowest BCUT2D eigenvalue weighted by atomic mass is 9.79. The van der Waals surface area contributed by atoms with Gasteiger partial charge in [-0.25, -0.2) is 4.68 Å². The minimum Gasteiger partial charge on any atom is -0.457 e. The van der Waals surface area contributed by atoms with Gasteiger partial charge in [-0.2, -0.15) is 5.10 Å². The van der Waals surface area contributed by atoms with Gasteiger partial charge in [0.05, 0.1) is 17.2 Å². The number of para-hydroxylation sites is 1. The minimum absolute atomic E-state index is 0.0470. The van der Waals surface area contributed by atoms with Gasteiger partial charge >= 0.3 is 0 Å². The molecule has 0 radical (unpaired) electrons. The predicted octanol–water partition coefficient (Wildman–Crippen LogP) is 4.93. The Morgan fingerprint density at radius 2 is 1.46 bits per heavy atom. The number of anilines is 1. The number of carbonyl (C=O) groups is 6. The van der Waals surface area contributed by atoms with E-state index in [-0.39, 0.29) is 35.9 Å². The first-order valence-corrected chi connectivity index (χ1v) is 23.2. The van der Waals surface area contributed by atoms with Gasteiger partial charge in [0.2, 0.25) is 11.8 Å². The van der Waals surface area contributed by atoms with Crippen LogP contribution in [0.1, 0.15) is 105 Å². The highest BCUT2D eigenvalue weighted by molar-refractivity contribution is 6.24. The summed E-state index contributed by atoms with van der Waals surface area (Å²) in [5.41, 5.74) is 8.49. The summed E-state index contributed by atoms with van der Waals surface area (Å²) >= 11 is 0. The van der Waals surface area contributed by atoms with Gasteiger partial charge in [0.25, 0.3) is 23.6 Å². The van der Waals surface area contributed by atoms with Gasteiger partial charge in [-0.05, 0) is 118 Å². The smallest absolute Gasteiger partial charge is 0.262 e. The number of piperazine rings is 1. The standard InChI is InChI=1S/C49H55N9O7/c50-44(60)42-43(32-8-13-36(14-9-32)65-35-4-2-1-3-5-35)53-58-39(18-21-51-45(42)58)31-6-11-34(12-7-31)55-26-24-54(25-27-55)29-30-19-22-56(23-20-30)47(62)33-10-15-37-38(28-33)49(64)57(48(37)63)40-16-17-41(59)52-46(40)61/h1-5,8-10,13-15,28,30-31,34,39-40,51H,6-7,11-12,16-27,29H2,(H2,50,60)(H,52,59,61)/t31?,34?,39-,40?/m0/s1. The molecule has 5 aliphatic heterocycles. The second kappa shape index (κ2) is 17.9. The van der Waals surface area contributed by atoms with E-state index in [1.807, 2.05) is 59.5 Å². The summed E-state index contributed by atoms with van der Waals surface area (Å²) in [5.74, 6) is 0.185. The number of nitrogens with one attached hydrogen (secondary N) is 2. The highest BCUT2D eigenvalue weighted by atomic mass is 16.5. The summed E-state index contributed by atoms with van der Waals surface area (Å²) in [6.07, 6.45) is 7.37. The van der Waals surface area contributed by atoms with Crippen LogP contribution < -0.4 is 21.1 Å². The van der Waals surface area contributed by atoms with Crippen molar-refractivity contribution in [2.45, 2.75) is 75.9 Å². The van der Waals surface area contributed by atoms with Crippen LogP contribution in [0.15, 0.2) is 72.8 Å². The van der Waals surface area contributed by atoms with Crippen LogP contribution in [0.25, 0.3) is 11.3 Å². The number of amides is 6. The van der Waals surface area contributed by atoms with Crippen molar-refractivity contribution in [3.63, 3.8) is 0 Å². The number of hydrogen-bond acceptors (Lipinski definition) is 11. The number of benzene rings is 3. The molecular formula is C49H55N9O7. The lowest BCUT2D eigenvalue weighted by molar-refractivity contribution is -0.136. The maximum Gasteiger partial charge on any atom is 0.262 e. The fourth-order valence-electron chi connectivity index (χ4n) is 11.1. The molecule has 16 heteroatoms. The van der Waals surface area contributed by atoms with Crippen molar-refractivity contribution in [3.05, 3.63) is 95.1 Å². The molecule has 0 bridgehead atoms. The molecule has 1 unspecified atom stereocenters. The van der Waals surface area contributed by atoms with Crippen LogP contribution in [0.4, 0.5) is 5.82 Å². The van der Waals surface area contributed by atoms with Crippen molar-refractivity contribution in [2.24, 2.45) is 17.6 Å². The summed E-state index contributed by atoms with van der Waals surface area (Å²) in [7, 11) is 0. The fourth-order valence-corrected chi connectivity index (χ4v) is 11.1. The molecule has 65 heavy (non-hydrogen) atoms. The molecule has 1 saturated carbocycles. The second-order valence-corrected chi connectivity index (χ2v) is 18.5. The zero-order valence-corrected chi connectivity index (χ0v) is 36.5. The molecular weight excluding hydrogens is 827 g/mol. The van der Waals surface area contributed by atoms with Gasteiger partial charge in [0.15, 0.2) is 0 Å².